The van der Waals surface area contributed by atoms with Gasteiger partial charge in [0.15, 0.2) is 0 Å². The third-order valence-electron chi connectivity index (χ3n) is 5.50. The van der Waals surface area contributed by atoms with Crippen LogP contribution in [-0.2, 0) is 0 Å². The van der Waals surface area contributed by atoms with Crippen LogP contribution in [0.1, 0.15) is 49.8 Å². The maximum absolute atomic E-state index is 6.14. The second-order valence-corrected chi connectivity index (χ2v) is 7.78. The average molecular weight is 380 g/mol. The number of likely N-dealkylation sites (tertiary alicyclic amines) is 1. The summed E-state index contributed by atoms with van der Waals surface area (Å²) >= 11 is 6.14. The summed E-state index contributed by atoms with van der Waals surface area (Å²) in [5, 5.41) is 4.23. The number of allylic oxidation sites excluding steroid dienone is 1. The van der Waals surface area contributed by atoms with Crippen molar-refractivity contribution in [1.82, 2.24) is 4.90 Å². The third-order valence-corrected chi connectivity index (χ3v) is 5.75. The van der Waals surface area contributed by atoms with Gasteiger partial charge in [0, 0.05) is 5.02 Å². The van der Waals surface area contributed by atoms with Crippen molar-refractivity contribution in [3.8, 4) is 0 Å². The van der Waals surface area contributed by atoms with Crippen molar-refractivity contribution in [1.29, 1.82) is 0 Å². The summed E-state index contributed by atoms with van der Waals surface area (Å²) in [6, 6.07) is 15.1. The van der Waals surface area contributed by atoms with Crippen LogP contribution in [0.5, 0.6) is 0 Å². The average Bonchev–Trinajstić information content (AvgIpc) is 2.70. The quantitative estimate of drug-likeness (QED) is 0.671. The summed E-state index contributed by atoms with van der Waals surface area (Å²) in [7, 11) is 0. The smallest absolute Gasteiger partial charge is 0.0868 e. The van der Waals surface area contributed by atoms with Gasteiger partial charge in [-0.05, 0) is 67.7 Å². The number of fused-ring (bicyclic) bond motifs is 1. The molecule has 1 fully saturated rings. The van der Waals surface area contributed by atoms with Crippen LogP contribution >= 0.6 is 11.6 Å². The van der Waals surface area contributed by atoms with E-state index in [9.17, 15) is 0 Å². The highest BCUT2D eigenvalue weighted by Gasteiger charge is 2.25. The first-order valence-corrected chi connectivity index (χ1v) is 10.2. The molecule has 0 aliphatic carbocycles. The van der Waals surface area contributed by atoms with Crippen molar-refractivity contribution >= 4 is 28.7 Å². The Kier molecular flexibility index (Phi) is 5.33. The predicted octanol–water partition coefficient (Wildman–Crippen LogP) is 6.34. The van der Waals surface area contributed by atoms with Gasteiger partial charge in [0.2, 0.25) is 0 Å². The van der Waals surface area contributed by atoms with Crippen molar-refractivity contribution in [3.05, 3.63) is 70.9 Å². The second-order valence-electron chi connectivity index (χ2n) is 7.34. The van der Waals surface area contributed by atoms with Crippen molar-refractivity contribution in [2.24, 2.45) is 4.99 Å². The number of anilines is 1. The molecule has 2 aliphatic rings. The summed E-state index contributed by atoms with van der Waals surface area (Å²) in [5.41, 5.74) is 6.55. The molecule has 0 amide bonds. The molecule has 0 radical (unpaired) electrons. The van der Waals surface area contributed by atoms with E-state index in [1.54, 1.807) is 0 Å². The molecule has 1 saturated heterocycles. The minimum absolute atomic E-state index is 0.236. The zero-order valence-corrected chi connectivity index (χ0v) is 16.6. The lowest BCUT2D eigenvalue weighted by atomic mass is 9.94. The van der Waals surface area contributed by atoms with Gasteiger partial charge in [0.05, 0.1) is 28.8 Å². The molecular weight excluding hydrogens is 354 g/mol. The standard InChI is InChI=1S/C23H26ClN3/c1-3-20-16(2)25-22-15-18(9-12-21(22)26-20)23(27-13-5-4-6-14-27)17-7-10-19(24)11-8-17/h7-12,15,23,25H,2-6,13-14H2,1H3. The van der Waals surface area contributed by atoms with Crippen molar-refractivity contribution < 1.29 is 0 Å². The molecule has 1 atom stereocenters. The van der Waals surface area contributed by atoms with Crippen molar-refractivity contribution in [3.63, 3.8) is 0 Å². The van der Waals surface area contributed by atoms with Gasteiger partial charge in [0.25, 0.3) is 0 Å². The lowest BCUT2D eigenvalue weighted by Gasteiger charge is -2.35. The van der Waals surface area contributed by atoms with E-state index < -0.39 is 0 Å². The molecule has 1 unspecified atom stereocenters. The molecule has 27 heavy (non-hydrogen) atoms. The number of benzene rings is 2. The number of aliphatic imine (C=N–C) groups is 1. The van der Waals surface area contributed by atoms with E-state index in [-0.39, 0.29) is 6.04 Å². The molecule has 2 aromatic carbocycles. The molecule has 3 nitrogen and oxygen atoms in total. The molecule has 140 valence electrons. The van der Waals surface area contributed by atoms with Crippen LogP contribution in [0.3, 0.4) is 0 Å². The first-order chi connectivity index (χ1) is 13.2. The van der Waals surface area contributed by atoms with E-state index in [0.29, 0.717) is 0 Å². The van der Waals surface area contributed by atoms with E-state index in [2.05, 4.69) is 54.1 Å². The topological polar surface area (TPSA) is 27.6 Å². The molecular formula is C23H26ClN3. The number of nitrogens with one attached hydrogen (secondary N) is 1. The number of halogens is 1. The van der Waals surface area contributed by atoms with Crippen molar-refractivity contribution in [2.45, 2.75) is 38.6 Å². The summed E-state index contributed by atoms with van der Waals surface area (Å²) in [6.07, 6.45) is 4.72. The number of rotatable bonds is 4. The number of piperidine rings is 1. The summed E-state index contributed by atoms with van der Waals surface area (Å²) < 4.78 is 0. The van der Waals surface area contributed by atoms with Crippen LogP contribution in [-0.4, -0.2) is 23.7 Å². The second kappa shape index (κ2) is 7.87. The monoisotopic (exact) mass is 379 g/mol. The molecule has 4 rings (SSSR count). The van der Waals surface area contributed by atoms with E-state index in [4.69, 9.17) is 16.6 Å². The van der Waals surface area contributed by atoms with E-state index in [1.807, 2.05) is 12.1 Å². The Bertz CT molecular complexity index is 864. The number of hydrogen-bond acceptors (Lipinski definition) is 3. The Morgan fingerprint density at radius 3 is 2.48 bits per heavy atom. The fraction of sp³-hybridized carbons (Fsp3) is 0.348. The molecule has 2 aliphatic heterocycles. The Balaban J connectivity index is 1.74. The Labute approximate surface area is 166 Å². The first-order valence-electron chi connectivity index (χ1n) is 9.83. The zero-order valence-electron chi connectivity index (χ0n) is 15.8. The molecule has 0 aromatic heterocycles. The van der Waals surface area contributed by atoms with Gasteiger partial charge >= 0.3 is 0 Å². The van der Waals surface area contributed by atoms with E-state index >= 15 is 0 Å². The van der Waals surface area contributed by atoms with Crippen LogP contribution in [0.25, 0.3) is 0 Å². The van der Waals surface area contributed by atoms with E-state index in [0.717, 1.165) is 47.3 Å². The highest BCUT2D eigenvalue weighted by Crippen LogP contribution is 2.38. The van der Waals surface area contributed by atoms with Gasteiger partial charge in [-0.25, -0.2) is 4.99 Å². The number of hydrogen-bond donors (Lipinski definition) is 1. The number of nitrogens with zero attached hydrogens (tertiary/aromatic N) is 2. The molecule has 4 heteroatoms. The molecule has 0 saturated carbocycles. The maximum Gasteiger partial charge on any atom is 0.0868 e. The molecule has 0 bridgehead atoms. The van der Waals surface area contributed by atoms with Gasteiger partial charge < -0.3 is 5.32 Å². The fourth-order valence-corrected chi connectivity index (χ4v) is 4.22. The minimum atomic E-state index is 0.236. The van der Waals surface area contributed by atoms with Crippen LogP contribution in [0.15, 0.2) is 59.7 Å². The normalized spacial score (nSPS) is 18.4. The Hall–Kier alpha value is -2.10. The predicted molar refractivity (Wildman–Crippen MR) is 115 cm³/mol. The van der Waals surface area contributed by atoms with Gasteiger partial charge in [-0.1, -0.05) is 49.7 Å². The van der Waals surface area contributed by atoms with Crippen LogP contribution in [0, 0.1) is 0 Å². The SMILES string of the molecule is C=C1Nc2cc(C(c3ccc(Cl)cc3)N3CCCCC3)ccc2N=C1CC. The van der Waals surface area contributed by atoms with Gasteiger partial charge in [-0.2, -0.15) is 0 Å². The highest BCUT2D eigenvalue weighted by molar-refractivity contribution is 6.30. The highest BCUT2D eigenvalue weighted by atomic mass is 35.5. The first kappa shape index (κ1) is 18.3. The third kappa shape index (κ3) is 3.80. The summed E-state index contributed by atoms with van der Waals surface area (Å²) in [5.74, 6) is 0. The van der Waals surface area contributed by atoms with Crippen molar-refractivity contribution in [2.75, 3.05) is 18.4 Å². The molecule has 2 heterocycles. The summed E-state index contributed by atoms with van der Waals surface area (Å²) in [6.45, 7) is 8.49. The summed E-state index contributed by atoms with van der Waals surface area (Å²) in [4.78, 5) is 7.36. The maximum atomic E-state index is 6.14. The Morgan fingerprint density at radius 2 is 1.78 bits per heavy atom. The minimum Gasteiger partial charge on any atom is -0.353 e. The van der Waals surface area contributed by atoms with Crippen LogP contribution in [0.2, 0.25) is 5.02 Å². The lowest BCUT2D eigenvalue weighted by Crippen LogP contribution is -2.34. The molecule has 1 N–H and O–H groups in total. The zero-order chi connectivity index (χ0) is 18.8. The van der Waals surface area contributed by atoms with Gasteiger partial charge in [-0.15, -0.1) is 0 Å². The van der Waals surface area contributed by atoms with Crippen LogP contribution in [0.4, 0.5) is 11.4 Å². The van der Waals surface area contributed by atoms with E-state index in [1.165, 1.54) is 30.4 Å². The lowest BCUT2D eigenvalue weighted by molar-refractivity contribution is 0.187. The van der Waals surface area contributed by atoms with Gasteiger partial charge in [0.1, 0.15) is 0 Å². The Morgan fingerprint density at radius 1 is 1.07 bits per heavy atom. The molecule has 2 aromatic rings. The van der Waals surface area contributed by atoms with Gasteiger partial charge in [-0.3, -0.25) is 4.90 Å². The molecule has 0 spiro atoms. The largest absolute Gasteiger partial charge is 0.353 e. The fourth-order valence-electron chi connectivity index (χ4n) is 4.10. The van der Waals surface area contributed by atoms with Crippen LogP contribution < -0.4 is 5.32 Å².